The molecular weight excluding hydrogens is 197 g/mol. The maximum absolute atomic E-state index is 12.2. The Labute approximate surface area is 78.0 Å². The Kier molecular flexibility index (Phi) is 2.66. The molecule has 0 amide bonds. The molecular formula is C8H9F3N2O. The molecule has 0 radical (unpaired) electrons. The lowest BCUT2D eigenvalue weighted by molar-refractivity contribution is -0.149. The number of nitrogens with zero attached hydrogens (tertiary/aromatic N) is 1. The number of nitrogens with two attached hydrogens (primary N) is 1. The largest absolute Gasteiger partial charge is 0.407 e. The summed E-state index contributed by atoms with van der Waals surface area (Å²) in [5, 5.41) is 0. The van der Waals surface area contributed by atoms with E-state index in [4.69, 9.17) is 5.73 Å². The molecule has 2 N–H and O–H groups in total. The average Bonchev–Trinajstić information content (AvgIpc) is 2.07. The Morgan fingerprint density at radius 3 is 2.57 bits per heavy atom. The number of hydrogen-bond acceptors (Lipinski definition) is 2. The second kappa shape index (κ2) is 3.45. The smallest absolute Gasteiger partial charge is 0.318 e. The van der Waals surface area contributed by atoms with E-state index in [0.29, 0.717) is 0 Å². The minimum Gasteiger partial charge on any atom is -0.318 e. The third kappa shape index (κ3) is 1.95. The molecule has 78 valence electrons. The van der Waals surface area contributed by atoms with Gasteiger partial charge in [0, 0.05) is 18.8 Å². The highest BCUT2D eigenvalue weighted by Gasteiger charge is 2.39. The maximum Gasteiger partial charge on any atom is 0.407 e. The van der Waals surface area contributed by atoms with Crippen LogP contribution in [0.15, 0.2) is 23.1 Å². The molecule has 1 aromatic rings. The Morgan fingerprint density at radius 1 is 1.50 bits per heavy atom. The van der Waals surface area contributed by atoms with Gasteiger partial charge < -0.3 is 10.3 Å². The molecule has 1 unspecified atom stereocenters. The zero-order valence-electron chi connectivity index (χ0n) is 7.38. The summed E-state index contributed by atoms with van der Waals surface area (Å²) < 4.78 is 37.6. The van der Waals surface area contributed by atoms with Crippen molar-refractivity contribution in [2.75, 3.05) is 0 Å². The van der Waals surface area contributed by atoms with Gasteiger partial charge in [-0.25, -0.2) is 0 Å². The second-order valence-corrected chi connectivity index (χ2v) is 2.90. The van der Waals surface area contributed by atoms with Crippen LogP contribution in [0.3, 0.4) is 0 Å². The van der Waals surface area contributed by atoms with Crippen LogP contribution in [0, 0.1) is 0 Å². The van der Waals surface area contributed by atoms with Gasteiger partial charge >= 0.3 is 6.18 Å². The topological polar surface area (TPSA) is 48.0 Å². The van der Waals surface area contributed by atoms with Crippen LogP contribution in [-0.4, -0.2) is 10.7 Å². The van der Waals surface area contributed by atoms with E-state index in [0.717, 1.165) is 10.6 Å². The monoisotopic (exact) mass is 206 g/mol. The van der Waals surface area contributed by atoms with Gasteiger partial charge in [0.25, 0.3) is 5.56 Å². The number of pyridine rings is 1. The van der Waals surface area contributed by atoms with Crippen molar-refractivity contribution in [3.8, 4) is 0 Å². The molecule has 0 aromatic carbocycles. The van der Waals surface area contributed by atoms with Crippen molar-refractivity contribution in [1.29, 1.82) is 0 Å². The van der Waals surface area contributed by atoms with Crippen molar-refractivity contribution in [3.63, 3.8) is 0 Å². The minimum absolute atomic E-state index is 0.442. The summed E-state index contributed by atoms with van der Waals surface area (Å²) in [7, 11) is 1.37. The molecule has 1 heterocycles. The molecule has 14 heavy (non-hydrogen) atoms. The van der Waals surface area contributed by atoms with Crippen LogP contribution in [0.4, 0.5) is 13.2 Å². The molecule has 0 saturated carbocycles. The predicted octanol–water partition coefficient (Wildman–Crippen LogP) is 0.947. The van der Waals surface area contributed by atoms with E-state index in [1.54, 1.807) is 0 Å². The van der Waals surface area contributed by atoms with Gasteiger partial charge in [0.15, 0.2) is 0 Å². The maximum atomic E-state index is 12.2. The summed E-state index contributed by atoms with van der Waals surface area (Å²) >= 11 is 0. The second-order valence-electron chi connectivity index (χ2n) is 2.90. The first-order chi connectivity index (χ1) is 6.34. The minimum atomic E-state index is -4.59. The normalized spacial score (nSPS) is 14.1. The zero-order valence-corrected chi connectivity index (χ0v) is 7.38. The summed E-state index contributed by atoms with van der Waals surface area (Å²) in [5.41, 5.74) is 3.74. The molecule has 0 aliphatic rings. The zero-order chi connectivity index (χ0) is 10.9. The Hall–Kier alpha value is -1.30. The molecule has 1 aromatic heterocycles. The highest BCUT2D eigenvalue weighted by molar-refractivity contribution is 5.16. The predicted molar refractivity (Wildman–Crippen MR) is 44.7 cm³/mol. The van der Waals surface area contributed by atoms with E-state index in [1.165, 1.54) is 19.3 Å². The summed E-state index contributed by atoms with van der Waals surface area (Å²) in [6.07, 6.45) is -3.22. The molecule has 1 rings (SSSR count). The fourth-order valence-corrected chi connectivity index (χ4v) is 1.03. The van der Waals surface area contributed by atoms with E-state index >= 15 is 0 Å². The fraction of sp³-hybridized carbons (Fsp3) is 0.375. The fourth-order valence-electron chi connectivity index (χ4n) is 1.03. The van der Waals surface area contributed by atoms with Gasteiger partial charge in [-0.3, -0.25) is 4.79 Å². The van der Waals surface area contributed by atoms with Crippen LogP contribution in [0.2, 0.25) is 0 Å². The number of aryl methyl sites for hydroxylation is 1. The van der Waals surface area contributed by atoms with Crippen molar-refractivity contribution in [2.45, 2.75) is 12.2 Å². The van der Waals surface area contributed by atoms with Crippen LogP contribution >= 0.6 is 0 Å². The average molecular weight is 206 g/mol. The van der Waals surface area contributed by atoms with Gasteiger partial charge in [0.2, 0.25) is 0 Å². The van der Waals surface area contributed by atoms with E-state index in [1.807, 2.05) is 0 Å². The number of aromatic nitrogens is 1. The molecule has 0 fully saturated rings. The third-order valence-corrected chi connectivity index (χ3v) is 1.84. The molecule has 0 saturated heterocycles. The molecule has 0 bridgehead atoms. The van der Waals surface area contributed by atoms with E-state index in [-0.39, 0.29) is 0 Å². The van der Waals surface area contributed by atoms with Crippen LogP contribution in [0.1, 0.15) is 11.6 Å². The Bertz CT molecular complexity index is 383. The van der Waals surface area contributed by atoms with Crippen LogP contribution in [0.25, 0.3) is 0 Å². The van der Waals surface area contributed by atoms with E-state index in [2.05, 4.69) is 0 Å². The van der Waals surface area contributed by atoms with Gasteiger partial charge in [-0.15, -0.1) is 0 Å². The molecule has 0 aliphatic carbocycles. The third-order valence-electron chi connectivity index (χ3n) is 1.84. The van der Waals surface area contributed by atoms with Crippen molar-refractivity contribution in [2.24, 2.45) is 12.8 Å². The molecule has 6 heteroatoms. The number of hydrogen-bond donors (Lipinski definition) is 1. The van der Waals surface area contributed by atoms with Crippen LogP contribution in [0.5, 0.6) is 0 Å². The SMILES string of the molecule is Cn1cccc(C(N)C(F)(F)F)c1=O. The number of rotatable bonds is 1. The molecule has 0 aliphatic heterocycles. The summed E-state index contributed by atoms with van der Waals surface area (Å²) in [5.74, 6) is 0. The molecule has 1 atom stereocenters. The van der Waals surface area contributed by atoms with Gasteiger partial charge in [-0.1, -0.05) is 6.07 Å². The van der Waals surface area contributed by atoms with Crippen molar-refractivity contribution in [3.05, 3.63) is 34.2 Å². The van der Waals surface area contributed by atoms with Crippen molar-refractivity contribution >= 4 is 0 Å². The van der Waals surface area contributed by atoms with Gasteiger partial charge in [0.1, 0.15) is 6.04 Å². The highest BCUT2D eigenvalue weighted by atomic mass is 19.4. The first-order valence-electron chi connectivity index (χ1n) is 3.82. The van der Waals surface area contributed by atoms with Crippen molar-refractivity contribution < 1.29 is 13.2 Å². The van der Waals surface area contributed by atoms with Crippen LogP contribution in [-0.2, 0) is 7.05 Å². The summed E-state index contributed by atoms with van der Waals surface area (Å²) in [4.78, 5) is 11.2. The first-order valence-corrected chi connectivity index (χ1v) is 3.82. The molecule has 0 spiro atoms. The van der Waals surface area contributed by atoms with E-state index < -0.39 is 23.3 Å². The number of alkyl halides is 3. The summed E-state index contributed by atoms with van der Waals surface area (Å²) in [6, 6.07) is 0.213. The Balaban J connectivity index is 3.21. The highest BCUT2D eigenvalue weighted by Crippen LogP contribution is 2.28. The lowest BCUT2D eigenvalue weighted by Gasteiger charge is -2.15. The number of halogens is 3. The quantitative estimate of drug-likeness (QED) is 0.743. The van der Waals surface area contributed by atoms with Crippen molar-refractivity contribution in [1.82, 2.24) is 4.57 Å². The lowest BCUT2D eigenvalue weighted by Crippen LogP contribution is -2.35. The van der Waals surface area contributed by atoms with Gasteiger partial charge in [-0.05, 0) is 6.07 Å². The lowest BCUT2D eigenvalue weighted by atomic mass is 10.1. The summed E-state index contributed by atoms with van der Waals surface area (Å²) in [6.45, 7) is 0. The van der Waals surface area contributed by atoms with Crippen LogP contribution < -0.4 is 11.3 Å². The standard InChI is InChI=1S/C8H9F3N2O/c1-13-4-2-3-5(7(13)14)6(12)8(9,10)11/h2-4,6H,12H2,1H3. The Morgan fingerprint density at radius 2 is 2.07 bits per heavy atom. The molecule has 3 nitrogen and oxygen atoms in total. The first kappa shape index (κ1) is 10.8. The van der Waals surface area contributed by atoms with Gasteiger partial charge in [-0.2, -0.15) is 13.2 Å². The van der Waals surface area contributed by atoms with E-state index in [9.17, 15) is 18.0 Å². The van der Waals surface area contributed by atoms with Gasteiger partial charge in [0.05, 0.1) is 0 Å².